The van der Waals surface area contributed by atoms with Crippen molar-refractivity contribution in [2.24, 2.45) is 0 Å². The molecule has 1 aromatic carbocycles. The number of rotatable bonds is 6. The van der Waals surface area contributed by atoms with Crippen LogP contribution >= 0.6 is 11.8 Å². The summed E-state index contributed by atoms with van der Waals surface area (Å²) in [6.07, 6.45) is -0.470. The average Bonchev–Trinajstić information content (AvgIpc) is 2.34. The molecule has 4 heteroatoms. The Labute approximate surface area is 107 Å². The molecule has 0 aliphatic carbocycles. The van der Waals surface area contributed by atoms with Gasteiger partial charge in [-0.3, -0.25) is 0 Å². The van der Waals surface area contributed by atoms with E-state index in [1.165, 1.54) is 0 Å². The Balaban J connectivity index is 2.77. The van der Waals surface area contributed by atoms with Gasteiger partial charge in [-0.2, -0.15) is 11.8 Å². The van der Waals surface area contributed by atoms with Crippen molar-refractivity contribution in [2.75, 3.05) is 20.0 Å². The molecule has 1 aromatic rings. The van der Waals surface area contributed by atoms with E-state index in [-0.39, 0.29) is 0 Å². The Bertz CT molecular complexity index is 353. The first-order valence-electron chi connectivity index (χ1n) is 5.60. The van der Waals surface area contributed by atoms with E-state index in [0.717, 1.165) is 5.56 Å². The highest BCUT2D eigenvalue weighted by Crippen LogP contribution is 2.31. The van der Waals surface area contributed by atoms with Gasteiger partial charge in [-0.1, -0.05) is 19.9 Å². The molecule has 1 N–H and O–H groups in total. The van der Waals surface area contributed by atoms with Gasteiger partial charge < -0.3 is 14.6 Å². The van der Waals surface area contributed by atoms with E-state index in [9.17, 15) is 5.11 Å². The largest absolute Gasteiger partial charge is 0.493 e. The van der Waals surface area contributed by atoms with Crippen molar-refractivity contribution >= 4 is 11.8 Å². The Kier molecular flexibility index (Phi) is 5.65. The number of aliphatic hydroxyl groups is 1. The molecule has 0 saturated heterocycles. The van der Waals surface area contributed by atoms with Gasteiger partial charge in [-0.25, -0.2) is 0 Å². The molecular weight excluding hydrogens is 236 g/mol. The number of aliphatic hydroxyl groups excluding tert-OH is 1. The highest BCUT2D eigenvalue weighted by Gasteiger charge is 2.12. The zero-order valence-corrected chi connectivity index (χ0v) is 11.6. The van der Waals surface area contributed by atoms with E-state index < -0.39 is 6.10 Å². The summed E-state index contributed by atoms with van der Waals surface area (Å²) in [6.45, 7) is 4.23. The highest BCUT2D eigenvalue weighted by atomic mass is 32.2. The van der Waals surface area contributed by atoms with Crippen molar-refractivity contribution in [3.05, 3.63) is 23.8 Å². The molecule has 1 atom stereocenters. The predicted molar refractivity (Wildman–Crippen MR) is 72.1 cm³/mol. The average molecular weight is 256 g/mol. The van der Waals surface area contributed by atoms with Crippen LogP contribution in [0, 0.1) is 0 Å². The van der Waals surface area contributed by atoms with Gasteiger partial charge in [-0.15, -0.1) is 0 Å². The topological polar surface area (TPSA) is 38.7 Å². The Morgan fingerprint density at radius 1 is 1.18 bits per heavy atom. The summed E-state index contributed by atoms with van der Waals surface area (Å²) in [6, 6.07) is 5.51. The third-order valence-electron chi connectivity index (χ3n) is 2.38. The number of thioether (sulfide) groups is 1. The van der Waals surface area contributed by atoms with Gasteiger partial charge in [-0.05, 0) is 22.9 Å². The minimum atomic E-state index is -0.470. The molecule has 0 aliphatic heterocycles. The Hall–Kier alpha value is -0.870. The van der Waals surface area contributed by atoms with E-state index in [4.69, 9.17) is 9.47 Å². The van der Waals surface area contributed by atoms with E-state index in [0.29, 0.717) is 22.5 Å². The van der Waals surface area contributed by atoms with Gasteiger partial charge in [0.15, 0.2) is 11.5 Å². The summed E-state index contributed by atoms with van der Waals surface area (Å²) >= 11 is 1.74. The van der Waals surface area contributed by atoms with Crippen LogP contribution in [0.3, 0.4) is 0 Å². The Morgan fingerprint density at radius 3 is 2.35 bits per heavy atom. The molecule has 0 fully saturated rings. The second-order valence-corrected chi connectivity index (χ2v) is 5.62. The van der Waals surface area contributed by atoms with Crippen molar-refractivity contribution in [3.8, 4) is 11.5 Å². The minimum Gasteiger partial charge on any atom is -0.493 e. The molecule has 0 spiro atoms. The maximum Gasteiger partial charge on any atom is 0.161 e. The molecule has 1 unspecified atom stereocenters. The zero-order chi connectivity index (χ0) is 12.8. The first-order chi connectivity index (χ1) is 8.08. The van der Waals surface area contributed by atoms with Gasteiger partial charge in [0.1, 0.15) is 0 Å². The molecule has 1 rings (SSSR count). The van der Waals surface area contributed by atoms with Crippen molar-refractivity contribution in [2.45, 2.75) is 25.2 Å². The third kappa shape index (κ3) is 4.13. The van der Waals surface area contributed by atoms with Crippen molar-refractivity contribution < 1.29 is 14.6 Å². The standard InChI is InChI=1S/C13H20O3S/c1-9(2)17-8-11(14)10-5-6-12(15-3)13(7-10)16-4/h5-7,9,11,14H,8H2,1-4H3. The first-order valence-corrected chi connectivity index (χ1v) is 6.65. The van der Waals surface area contributed by atoms with Crippen LogP contribution in [0.5, 0.6) is 11.5 Å². The minimum absolute atomic E-state index is 0.470. The van der Waals surface area contributed by atoms with Gasteiger partial charge in [0.05, 0.1) is 20.3 Å². The molecule has 96 valence electrons. The van der Waals surface area contributed by atoms with Crippen LogP contribution < -0.4 is 9.47 Å². The van der Waals surface area contributed by atoms with Crippen LogP contribution in [0.15, 0.2) is 18.2 Å². The lowest BCUT2D eigenvalue weighted by molar-refractivity contribution is 0.203. The SMILES string of the molecule is COc1ccc(C(O)CSC(C)C)cc1OC. The van der Waals surface area contributed by atoms with Crippen LogP contribution in [0.2, 0.25) is 0 Å². The van der Waals surface area contributed by atoms with Gasteiger partial charge >= 0.3 is 0 Å². The van der Waals surface area contributed by atoms with Crippen molar-refractivity contribution in [3.63, 3.8) is 0 Å². The fraction of sp³-hybridized carbons (Fsp3) is 0.538. The number of ether oxygens (including phenoxy) is 2. The van der Waals surface area contributed by atoms with E-state index in [2.05, 4.69) is 13.8 Å². The molecule has 0 radical (unpaired) electrons. The normalized spacial score (nSPS) is 12.6. The smallest absolute Gasteiger partial charge is 0.161 e. The fourth-order valence-electron chi connectivity index (χ4n) is 1.44. The highest BCUT2D eigenvalue weighted by molar-refractivity contribution is 7.99. The summed E-state index contributed by atoms with van der Waals surface area (Å²) < 4.78 is 10.4. The second kappa shape index (κ2) is 6.77. The van der Waals surface area contributed by atoms with Gasteiger partial charge in [0.25, 0.3) is 0 Å². The van der Waals surface area contributed by atoms with E-state index in [1.807, 2.05) is 18.2 Å². The van der Waals surface area contributed by atoms with E-state index in [1.54, 1.807) is 26.0 Å². The Morgan fingerprint density at radius 2 is 1.82 bits per heavy atom. The van der Waals surface area contributed by atoms with Gasteiger partial charge in [0, 0.05) is 5.75 Å². The zero-order valence-electron chi connectivity index (χ0n) is 10.8. The summed E-state index contributed by atoms with van der Waals surface area (Å²) in [4.78, 5) is 0. The molecular formula is C13H20O3S. The van der Waals surface area contributed by atoms with Crippen LogP contribution in [-0.4, -0.2) is 30.3 Å². The quantitative estimate of drug-likeness (QED) is 0.849. The summed E-state index contributed by atoms with van der Waals surface area (Å²) in [5.74, 6) is 2.02. The lowest BCUT2D eigenvalue weighted by atomic mass is 10.1. The maximum atomic E-state index is 10.0. The van der Waals surface area contributed by atoms with Crippen LogP contribution in [0.25, 0.3) is 0 Å². The molecule has 3 nitrogen and oxygen atoms in total. The monoisotopic (exact) mass is 256 g/mol. The molecule has 0 heterocycles. The lowest BCUT2D eigenvalue weighted by Gasteiger charge is -2.14. The molecule has 0 amide bonds. The summed E-state index contributed by atoms with van der Waals surface area (Å²) in [7, 11) is 3.19. The predicted octanol–water partition coefficient (Wildman–Crippen LogP) is 2.88. The molecule has 0 bridgehead atoms. The number of benzene rings is 1. The fourth-order valence-corrected chi connectivity index (χ4v) is 2.20. The maximum absolute atomic E-state index is 10.0. The summed E-state index contributed by atoms with van der Waals surface area (Å²) in [5.41, 5.74) is 0.857. The van der Waals surface area contributed by atoms with Crippen LogP contribution in [0.4, 0.5) is 0 Å². The summed E-state index contributed by atoms with van der Waals surface area (Å²) in [5, 5.41) is 10.6. The molecule has 0 aliphatic rings. The molecule has 0 aromatic heterocycles. The van der Waals surface area contributed by atoms with Crippen molar-refractivity contribution in [1.29, 1.82) is 0 Å². The number of hydrogen-bond donors (Lipinski definition) is 1. The molecule has 17 heavy (non-hydrogen) atoms. The first kappa shape index (κ1) is 14.2. The van der Waals surface area contributed by atoms with Crippen molar-refractivity contribution in [1.82, 2.24) is 0 Å². The lowest BCUT2D eigenvalue weighted by Crippen LogP contribution is -2.04. The third-order valence-corrected chi connectivity index (χ3v) is 3.55. The van der Waals surface area contributed by atoms with Gasteiger partial charge in [0.2, 0.25) is 0 Å². The van der Waals surface area contributed by atoms with Crippen LogP contribution in [0.1, 0.15) is 25.5 Å². The second-order valence-electron chi connectivity index (χ2n) is 4.01. The molecule has 0 saturated carbocycles. The number of hydrogen-bond acceptors (Lipinski definition) is 4. The number of methoxy groups -OCH3 is 2. The van der Waals surface area contributed by atoms with E-state index >= 15 is 0 Å². The van der Waals surface area contributed by atoms with Crippen LogP contribution in [-0.2, 0) is 0 Å².